The van der Waals surface area contributed by atoms with E-state index in [9.17, 15) is 8.42 Å². The van der Waals surface area contributed by atoms with E-state index in [1.54, 1.807) is 25.3 Å². The van der Waals surface area contributed by atoms with Gasteiger partial charge in [0.2, 0.25) is 0 Å². The Hall–Kier alpha value is -1.51. The van der Waals surface area contributed by atoms with Gasteiger partial charge >= 0.3 is 0 Å². The third-order valence-corrected chi connectivity index (χ3v) is 5.20. The highest BCUT2D eigenvalue weighted by Crippen LogP contribution is 2.22. The van der Waals surface area contributed by atoms with Crippen molar-refractivity contribution < 1.29 is 8.42 Å². The first-order valence-electron chi connectivity index (χ1n) is 6.65. The summed E-state index contributed by atoms with van der Waals surface area (Å²) in [5, 5.41) is 5.63. The summed E-state index contributed by atoms with van der Waals surface area (Å²) in [6.07, 6.45) is 4.02. The normalized spacial score (nSPS) is 13.0. The molecular formula is C13H18N4O2S2. The smallest absolute Gasteiger partial charge is 0.260 e. The van der Waals surface area contributed by atoms with Crippen LogP contribution in [0.3, 0.4) is 0 Å². The Bertz CT molecular complexity index is 671. The number of thiazole rings is 1. The van der Waals surface area contributed by atoms with Crippen molar-refractivity contribution in [2.45, 2.75) is 31.3 Å². The van der Waals surface area contributed by atoms with Crippen molar-refractivity contribution in [3.63, 3.8) is 0 Å². The van der Waals surface area contributed by atoms with Crippen LogP contribution in [0, 0.1) is 0 Å². The van der Waals surface area contributed by atoms with Crippen LogP contribution < -0.4 is 10.0 Å². The van der Waals surface area contributed by atoms with Crippen LogP contribution in [0.15, 0.2) is 34.9 Å². The number of pyridine rings is 1. The van der Waals surface area contributed by atoms with Crippen LogP contribution in [0.5, 0.6) is 0 Å². The molecule has 0 aliphatic carbocycles. The van der Waals surface area contributed by atoms with Gasteiger partial charge in [0.25, 0.3) is 10.0 Å². The molecule has 0 radical (unpaired) electrons. The first-order chi connectivity index (χ1) is 10.0. The highest BCUT2D eigenvalue weighted by atomic mass is 32.2. The van der Waals surface area contributed by atoms with Crippen molar-refractivity contribution in [2.75, 3.05) is 11.9 Å². The molecule has 0 aliphatic rings. The van der Waals surface area contributed by atoms with E-state index >= 15 is 0 Å². The van der Waals surface area contributed by atoms with Crippen molar-refractivity contribution in [2.24, 2.45) is 0 Å². The van der Waals surface area contributed by atoms with Crippen molar-refractivity contribution in [3.05, 3.63) is 34.9 Å². The Morgan fingerprint density at radius 2 is 2.14 bits per heavy atom. The molecule has 2 heterocycles. The van der Waals surface area contributed by atoms with E-state index in [2.05, 4.69) is 20.0 Å². The SMILES string of the molecule is CCCNc1cccnc1S(=O)(=O)NC(C)c1nccs1. The van der Waals surface area contributed by atoms with Gasteiger partial charge in [-0.15, -0.1) is 11.3 Å². The largest absolute Gasteiger partial charge is 0.383 e. The Balaban J connectivity index is 2.23. The number of nitrogens with zero attached hydrogens (tertiary/aromatic N) is 2. The summed E-state index contributed by atoms with van der Waals surface area (Å²) >= 11 is 1.41. The van der Waals surface area contributed by atoms with Crippen LogP contribution in [0.2, 0.25) is 0 Å². The fourth-order valence-corrected chi connectivity index (χ4v) is 3.83. The number of nitrogens with one attached hydrogen (secondary N) is 2. The Morgan fingerprint density at radius 3 is 2.81 bits per heavy atom. The molecule has 1 atom stereocenters. The molecule has 6 nitrogen and oxygen atoms in total. The second kappa shape index (κ2) is 6.97. The van der Waals surface area contributed by atoms with Gasteiger partial charge in [-0.05, 0) is 25.5 Å². The molecule has 2 aromatic heterocycles. The summed E-state index contributed by atoms with van der Waals surface area (Å²) in [6.45, 7) is 4.47. The van der Waals surface area contributed by atoms with Gasteiger partial charge in [0.15, 0.2) is 5.03 Å². The lowest BCUT2D eigenvalue weighted by Crippen LogP contribution is -2.28. The van der Waals surface area contributed by atoms with Gasteiger partial charge in [-0.1, -0.05) is 6.92 Å². The quantitative estimate of drug-likeness (QED) is 0.816. The second-order valence-corrected chi connectivity index (χ2v) is 7.05. The molecule has 21 heavy (non-hydrogen) atoms. The zero-order valence-electron chi connectivity index (χ0n) is 11.9. The number of hydrogen-bond donors (Lipinski definition) is 2. The number of sulfonamides is 1. The van der Waals surface area contributed by atoms with E-state index in [1.165, 1.54) is 17.5 Å². The fourth-order valence-electron chi connectivity index (χ4n) is 1.79. The highest BCUT2D eigenvalue weighted by Gasteiger charge is 2.23. The maximum absolute atomic E-state index is 12.5. The Labute approximate surface area is 128 Å². The number of anilines is 1. The topological polar surface area (TPSA) is 84.0 Å². The standard InChI is InChI=1S/C13H18N4O2S2/c1-3-6-14-11-5-4-7-16-13(11)21(18,19)17-10(2)12-15-8-9-20-12/h4-5,7-10,14,17H,3,6H2,1-2H3. The molecule has 0 amide bonds. The van der Waals surface area contributed by atoms with Crippen molar-refractivity contribution >= 4 is 27.0 Å². The van der Waals surface area contributed by atoms with Crippen LogP contribution in [0.4, 0.5) is 5.69 Å². The molecule has 2 aromatic rings. The zero-order chi connectivity index (χ0) is 15.3. The van der Waals surface area contributed by atoms with Crippen LogP contribution in [-0.4, -0.2) is 24.9 Å². The average molecular weight is 326 g/mol. The van der Waals surface area contributed by atoms with E-state index in [0.717, 1.165) is 11.4 Å². The van der Waals surface area contributed by atoms with E-state index in [1.807, 2.05) is 12.3 Å². The monoisotopic (exact) mass is 326 g/mol. The summed E-state index contributed by atoms with van der Waals surface area (Å²) in [5.74, 6) is 0. The predicted molar refractivity (Wildman–Crippen MR) is 83.9 cm³/mol. The molecule has 0 saturated carbocycles. The van der Waals surface area contributed by atoms with Gasteiger partial charge in [0.1, 0.15) is 5.01 Å². The van der Waals surface area contributed by atoms with E-state index < -0.39 is 16.1 Å². The molecular weight excluding hydrogens is 308 g/mol. The molecule has 0 fully saturated rings. The van der Waals surface area contributed by atoms with Gasteiger partial charge < -0.3 is 5.32 Å². The van der Waals surface area contributed by atoms with E-state index in [4.69, 9.17) is 0 Å². The molecule has 0 bridgehead atoms. The minimum atomic E-state index is -3.70. The van der Waals surface area contributed by atoms with Gasteiger partial charge in [0.05, 0.1) is 11.7 Å². The second-order valence-electron chi connectivity index (χ2n) is 4.50. The lowest BCUT2D eigenvalue weighted by molar-refractivity contribution is 0.563. The first kappa shape index (κ1) is 15.9. The minimum Gasteiger partial charge on any atom is -0.383 e. The molecule has 0 saturated heterocycles. The summed E-state index contributed by atoms with van der Waals surface area (Å²) < 4.78 is 27.6. The molecule has 0 aromatic carbocycles. The van der Waals surface area contributed by atoms with Gasteiger partial charge in [-0.2, -0.15) is 0 Å². The number of aromatic nitrogens is 2. The van der Waals surface area contributed by atoms with Crippen LogP contribution in [0.1, 0.15) is 31.3 Å². The molecule has 0 aliphatic heterocycles. The van der Waals surface area contributed by atoms with E-state index in [0.29, 0.717) is 12.2 Å². The summed E-state index contributed by atoms with van der Waals surface area (Å²) in [4.78, 5) is 8.13. The third kappa shape index (κ3) is 3.99. The van der Waals surface area contributed by atoms with Crippen molar-refractivity contribution in [1.82, 2.24) is 14.7 Å². The van der Waals surface area contributed by atoms with Crippen molar-refractivity contribution in [1.29, 1.82) is 0 Å². The van der Waals surface area contributed by atoms with Crippen LogP contribution >= 0.6 is 11.3 Å². The zero-order valence-corrected chi connectivity index (χ0v) is 13.5. The van der Waals surface area contributed by atoms with Gasteiger partial charge in [-0.25, -0.2) is 23.1 Å². The first-order valence-corrected chi connectivity index (χ1v) is 9.01. The molecule has 2 N–H and O–H groups in total. The Morgan fingerprint density at radius 1 is 1.33 bits per heavy atom. The maximum Gasteiger partial charge on any atom is 0.260 e. The molecule has 114 valence electrons. The van der Waals surface area contributed by atoms with E-state index in [-0.39, 0.29) is 5.03 Å². The van der Waals surface area contributed by atoms with Crippen LogP contribution in [-0.2, 0) is 10.0 Å². The third-order valence-electron chi connectivity index (χ3n) is 2.74. The molecule has 8 heteroatoms. The maximum atomic E-state index is 12.5. The minimum absolute atomic E-state index is 0.0156. The summed E-state index contributed by atoms with van der Waals surface area (Å²) in [6, 6.07) is 3.03. The Kier molecular flexibility index (Phi) is 5.27. The summed E-state index contributed by atoms with van der Waals surface area (Å²) in [5.41, 5.74) is 0.512. The number of rotatable bonds is 7. The van der Waals surface area contributed by atoms with Crippen molar-refractivity contribution in [3.8, 4) is 0 Å². The summed E-state index contributed by atoms with van der Waals surface area (Å²) in [7, 11) is -3.70. The molecule has 2 rings (SSSR count). The average Bonchev–Trinajstić information content (AvgIpc) is 2.99. The lowest BCUT2D eigenvalue weighted by atomic mass is 10.4. The lowest BCUT2D eigenvalue weighted by Gasteiger charge is -2.14. The highest BCUT2D eigenvalue weighted by molar-refractivity contribution is 7.89. The van der Waals surface area contributed by atoms with Gasteiger partial charge in [-0.3, -0.25) is 0 Å². The fraction of sp³-hybridized carbons (Fsp3) is 0.385. The van der Waals surface area contributed by atoms with Gasteiger partial charge in [0, 0.05) is 24.3 Å². The van der Waals surface area contributed by atoms with Crippen LogP contribution in [0.25, 0.3) is 0 Å². The molecule has 1 unspecified atom stereocenters. The number of hydrogen-bond acceptors (Lipinski definition) is 6. The molecule has 0 spiro atoms. The predicted octanol–water partition coefficient (Wildman–Crippen LogP) is 2.40.